The van der Waals surface area contributed by atoms with Crippen LogP contribution in [-0.2, 0) is 0 Å². The van der Waals surface area contributed by atoms with Crippen LogP contribution in [0.3, 0.4) is 0 Å². The first-order valence-corrected chi connectivity index (χ1v) is 23.6. The minimum atomic E-state index is 0.634. The Bertz CT molecular complexity index is 4210. The molecule has 3 nitrogen and oxygen atoms in total. The van der Waals surface area contributed by atoms with Crippen molar-refractivity contribution in [2.24, 2.45) is 0 Å². The van der Waals surface area contributed by atoms with Crippen LogP contribution in [0.15, 0.2) is 224 Å². The fourth-order valence-electron chi connectivity index (χ4n) is 10.5. The van der Waals surface area contributed by atoms with E-state index in [9.17, 15) is 0 Å². The number of aromatic nitrogens is 3. The third-order valence-corrected chi connectivity index (χ3v) is 14.8. The zero-order valence-corrected chi connectivity index (χ0v) is 36.9. The fraction of sp³-hybridized carbons (Fsp3) is 0. The molecule has 0 unspecified atom stereocenters. The summed E-state index contributed by atoms with van der Waals surface area (Å²) in [4.78, 5) is 16.5. The Balaban J connectivity index is 0.895. The van der Waals surface area contributed by atoms with Crippen molar-refractivity contribution >= 4 is 86.1 Å². The summed E-state index contributed by atoms with van der Waals surface area (Å²) in [5.74, 6) is 1.92. The molecule has 0 aliphatic carbocycles. The van der Waals surface area contributed by atoms with Gasteiger partial charge in [-0.2, -0.15) is 0 Å². The van der Waals surface area contributed by atoms with Crippen molar-refractivity contribution in [3.8, 4) is 66.9 Å². The average molecular weight is 868 g/mol. The molecule has 0 atom stereocenters. The summed E-state index contributed by atoms with van der Waals surface area (Å²) in [5.41, 5.74) is 8.65. The van der Waals surface area contributed by atoms with Gasteiger partial charge in [0, 0.05) is 26.3 Å². The molecule has 4 heteroatoms. The summed E-state index contributed by atoms with van der Waals surface area (Å²) in [6.07, 6.45) is 0. The van der Waals surface area contributed by atoms with Crippen LogP contribution in [0, 0.1) is 0 Å². The summed E-state index contributed by atoms with van der Waals surface area (Å²) in [7, 11) is 0. The highest BCUT2D eigenvalue weighted by Gasteiger charge is 2.19. The second-order valence-electron chi connectivity index (χ2n) is 17.5. The number of nitrogens with zero attached hydrogens (tertiary/aromatic N) is 3. The van der Waals surface area contributed by atoms with Crippen LogP contribution in [0.1, 0.15) is 0 Å². The van der Waals surface area contributed by atoms with E-state index < -0.39 is 0 Å². The number of fused-ring (bicyclic) bond motifs is 3. The Labute approximate surface area is 390 Å². The van der Waals surface area contributed by atoms with Crippen LogP contribution in [0.2, 0.25) is 0 Å². The van der Waals surface area contributed by atoms with Crippen LogP contribution in [0.25, 0.3) is 142 Å². The molecule has 2 aromatic heterocycles. The number of thiophene rings is 1. The van der Waals surface area contributed by atoms with E-state index in [1.807, 2.05) is 29.5 Å². The normalized spacial score (nSPS) is 11.9. The van der Waals surface area contributed by atoms with E-state index in [1.54, 1.807) is 0 Å². The Morgan fingerprint density at radius 3 is 1.27 bits per heavy atom. The molecule has 310 valence electrons. The van der Waals surface area contributed by atoms with Crippen LogP contribution in [0.4, 0.5) is 0 Å². The van der Waals surface area contributed by atoms with Gasteiger partial charge in [0.15, 0.2) is 17.5 Å². The van der Waals surface area contributed by atoms with E-state index in [0.29, 0.717) is 17.5 Å². The van der Waals surface area contributed by atoms with Crippen LogP contribution in [-0.4, -0.2) is 15.0 Å². The van der Waals surface area contributed by atoms with E-state index in [-0.39, 0.29) is 0 Å². The molecule has 0 amide bonds. The maximum absolute atomic E-state index is 5.12. The Kier molecular flexibility index (Phi) is 8.45. The molecular weight excluding hydrogens is 831 g/mol. The van der Waals surface area contributed by atoms with E-state index in [1.165, 1.54) is 102 Å². The highest BCUT2D eigenvalue weighted by atomic mass is 32.1. The molecule has 0 fully saturated rings. The van der Waals surface area contributed by atoms with Gasteiger partial charge in [-0.15, -0.1) is 11.3 Å². The zero-order chi connectivity index (χ0) is 44.0. The van der Waals surface area contributed by atoms with E-state index >= 15 is 0 Å². The lowest BCUT2D eigenvalue weighted by Crippen LogP contribution is -2.00. The molecule has 0 aliphatic rings. The van der Waals surface area contributed by atoms with Gasteiger partial charge in [-0.25, -0.2) is 15.0 Å². The molecule has 0 spiro atoms. The van der Waals surface area contributed by atoms with Crippen LogP contribution in [0.5, 0.6) is 0 Å². The second kappa shape index (κ2) is 15.0. The molecule has 2 heterocycles. The van der Waals surface area contributed by atoms with Gasteiger partial charge in [-0.05, 0) is 122 Å². The smallest absolute Gasteiger partial charge is 0.164 e. The van der Waals surface area contributed by atoms with Gasteiger partial charge < -0.3 is 0 Å². The monoisotopic (exact) mass is 867 g/mol. The number of benzene rings is 11. The lowest BCUT2D eigenvalue weighted by Gasteiger charge is -2.18. The first kappa shape index (κ1) is 37.8. The minimum absolute atomic E-state index is 0.634. The van der Waals surface area contributed by atoms with Crippen LogP contribution < -0.4 is 0 Å². The summed E-state index contributed by atoms with van der Waals surface area (Å²) in [6, 6.07) is 81.4. The largest absolute Gasteiger partial charge is 0.208 e. The topological polar surface area (TPSA) is 38.7 Å². The highest BCUT2D eigenvalue weighted by molar-refractivity contribution is 7.22. The maximum Gasteiger partial charge on any atom is 0.164 e. The predicted molar refractivity (Wildman–Crippen MR) is 284 cm³/mol. The predicted octanol–water partition coefficient (Wildman–Crippen LogP) is 17.4. The standard InChI is InChI=1S/C63H37N3S/c1-2-11-43(12-3-1)61-64-62(66-63(65-61)45-32-25-39(26-33-45)56-37-46-13-4-7-22-55(46)67-56)44-30-23-38(24-31-44)49-17-5-6-18-50(49)48-35-47-34-29-42-15-9-20-52-51-19-8-14-40-27-28-41-16-10-21-53(59(41)57(40)51)54(36-48)60(47)58(42)52/h1-37H. The summed E-state index contributed by atoms with van der Waals surface area (Å²) in [6.45, 7) is 0. The number of hydrogen-bond donors (Lipinski definition) is 0. The molecule has 0 aliphatic heterocycles. The molecule has 0 radical (unpaired) electrons. The summed E-state index contributed by atoms with van der Waals surface area (Å²) in [5, 5.41) is 16.6. The van der Waals surface area contributed by atoms with Gasteiger partial charge in [0.25, 0.3) is 0 Å². The molecule has 0 N–H and O–H groups in total. The molecule has 0 saturated carbocycles. The maximum atomic E-state index is 5.12. The highest BCUT2D eigenvalue weighted by Crippen LogP contribution is 2.45. The lowest BCUT2D eigenvalue weighted by molar-refractivity contribution is 1.07. The van der Waals surface area contributed by atoms with Crippen molar-refractivity contribution in [2.75, 3.05) is 0 Å². The quantitative estimate of drug-likeness (QED) is 0.156. The molecule has 14 rings (SSSR count). The third-order valence-electron chi connectivity index (χ3n) is 13.6. The Morgan fingerprint density at radius 1 is 0.254 bits per heavy atom. The number of hydrogen-bond acceptors (Lipinski definition) is 4. The van der Waals surface area contributed by atoms with Gasteiger partial charge in [-0.3, -0.25) is 0 Å². The van der Waals surface area contributed by atoms with Gasteiger partial charge >= 0.3 is 0 Å². The first-order chi connectivity index (χ1) is 33.2. The molecular formula is C63H37N3S. The van der Waals surface area contributed by atoms with E-state index in [0.717, 1.165) is 22.3 Å². The van der Waals surface area contributed by atoms with E-state index in [2.05, 4.69) is 206 Å². The SMILES string of the molecule is c1ccc(-c2nc(-c3ccc(-c4cc5ccccc5s4)cc3)nc(-c3ccc(-c4ccccc4-c4cc5ccc6cccc7c8cccc9ccc%10cccc(c(c4)c5c67)c%10c98)cc3)n2)cc1. The molecule has 12 aromatic carbocycles. The molecule has 0 saturated heterocycles. The van der Waals surface area contributed by atoms with Crippen molar-refractivity contribution < 1.29 is 0 Å². The average Bonchev–Trinajstić information content (AvgIpc) is 3.84. The van der Waals surface area contributed by atoms with Gasteiger partial charge in [0.1, 0.15) is 0 Å². The minimum Gasteiger partial charge on any atom is -0.208 e. The van der Waals surface area contributed by atoms with Crippen molar-refractivity contribution in [1.29, 1.82) is 0 Å². The van der Waals surface area contributed by atoms with E-state index in [4.69, 9.17) is 15.0 Å². The van der Waals surface area contributed by atoms with Crippen molar-refractivity contribution in [2.45, 2.75) is 0 Å². The van der Waals surface area contributed by atoms with Gasteiger partial charge in [-0.1, -0.05) is 200 Å². The Morgan fingerprint density at radius 2 is 0.687 bits per heavy atom. The van der Waals surface area contributed by atoms with Crippen molar-refractivity contribution in [3.05, 3.63) is 224 Å². The van der Waals surface area contributed by atoms with Gasteiger partial charge in [0.2, 0.25) is 0 Å². The first-order valence-electron chi connectivity index (χ1n) is 22.7. The van der Waals surface area contributed by atoms with Crippen LogP contribution >= 0.6 is 11.3 Å². The Hall–Kier alpha value is -8.57. The third kappa shape index (κ3) is 6.15. The van der Waals surface area contributed by atoms with Gasteiger partial charge in [0.05, 0.1) is 0 Å². The van der Waals surface area contributed by atoms with Crippen molar-refractivity contribution in [1.82, 2.24) is 15.0 Å². The molecule has 0 bridgehead atoms. The number of rotatable bonds is 6. The fourth-order valence-corrected chi connectivity index (χ4v) is 11.6. The second-order valence-corrected chi connectivity index (χ2v) is 18.6. The molecule has 67 heavy (non-hydrogen) atoms. The lowest BCUT2D eigenvalue weighted by atomic mass is 9.85. The van der Waals surface area contributed by atoms with Crippen molar-refractivity contribution in [3.63, 3.8) is 0 Å². The molecule has 14 aromatic rings. The zero-order valence-electron chi connectivity index (χ0n) is 36.1. The summed E-state index contributed by atoms with van der Waals surface area (Å²) >= 11 is 1.81. The summed E-state index contributed by atoms with van der Waals surface area (Å²) < 4.78 is 1.29.